The van der Waals surface area contributed by atoms with Gasteiger partial charge in [0.1, 0.15) is 6.10 Å². The van der Waals surface area contributed by atoms with Gasteiger partial charge in [-0.15, -0.1) is 0 Å². The number of carbonyl (C=O) groups excluding carboxylic acids is 1. The molecule has 16 heavy (non-hydrogen) atoms. The topological polar surface area (TPSA) is 95.9 Å². The molecule has 1 heterocycles. The number of hydrogen-bond acceptors (Lipinski definition) is 4. The number of rotatable bonds is 4. The molecule has 1 amide bonds. The molecule has 0 aromatic heterocycles. The minimum absolute atomic E-state index is 0.465. The molecular weight excluding hydrogens is 214 g/mol. The summed E-state index contributed by atoms with van der Waals surface area (Å²) in [6, 6.07) is -1.28. The zero-order valence-electron chi connectivity index (χ0n) is 9.18. The van der Waals surface area contributed by atoms with Crippen molar-refractivity contribution >= 4 is 11.9 Å². The Hall–Kier alpha value is -1.14. The van der Waals surface area contributed by atoms with Gasteiger partial charge in [-0.2, -0.15) is 0 Å². The van der Waals surface area contributed by atoms with E-state index in [4.69, 9.17) is 9.84 Å². The van der Waals surface area contributed by atoms with Gasteiger partial charge in [-0.3, -0.25) is 4.79 Å². The van der Waals surface area contributed by atoms with Gasteiger partial charge < -0.3 is 20.3 Å². The van der Waals surface area contributed by atoms with E-state index in [1.165, 1.54) is 6.92 Å². The summed E-state index contributed by atoms with van der Waals surface area (Å²) in [4.78, 5) is 22.4. The van der Waals surface area contributed by atoms with Crippen LogP contribution in [0, 0.1) is 0 Å². The summed E-state index contributed by atoms with van der Waals surface area (Å²) in [5.74, 6) is -1.72. The van der Waals surface area contributed by atoms with E-state index in [1.807, 2.05) is 0 Å². The van der Waals surface area contributed by atoms with Crippen LogP contribution in [-0.4, -0.2) is 46.9 Å². The first-order chi connectivity index (χ1) is 7.52. The summed E-state index contributed by atoms with van der Waals surface area (Å²) in [5.41, 5.74) is 0. The third kappa shape index (κ3) is 3.46. The molecule has 3 unspecified atom stereocenters. The van der Waals surface area contributed by atoms with E-state index in [9.17, 15) is 14.7 Å². The molecule has 0 aromatic rings. The van der Waals surface area contributed by atoms with Crippen LogP contribution in [0.15, 0.2) is 0 Å². The van der Waals surface area contributed by atoms with Gasteiger partial charge >= 0.3 is 5.97 Å². The minimum atomic E-state index is -1.28. The third-order valence-corrected chi connectivity index (χ3v) is 2.52. The Bertz CT molecular complexity index is 260. The predicted octanol–water partition coefficient (Wildman–Crippen LogP) is -0.494. The van der Waals surface area contributed by atoms with Crippen molar-refractivity contribution in [3.63, 3.8) is 0 Å². The maximum absolute atomic E-state index is 11.6. The molecule has 1 saturated heterocycles. The Kier molecular flexibility index (Phi) is 4.70. The highest BCUT2D eigenvalue weighted by Crippen LogP contribution is 2.13. The number of ether oxygens (including phenoxy) is 1. The second kappa shape index (κ2) is 5.81. The van der Waals surface area contributed by atoms with Crippen molar-refractivity contribution in [2.45, 2.75) is 44.4 Å². The second-order valence-corrected chi connectivity index (χ2v) is 3.92. The molecule has 3 N–H and O–H groups in total. The van der Waals surface area contributed by atoms with Crippen LogP contribution >= 0.6 is 0 Å². The van der Waals surface area contributed by atoms with Crippen molar-refractivity contribution < 1.29 is 24.5 Å². The lowest BCUT2D eigenvalue weighted by Crippen LogP contribution is -2.51. The highest BCUT2D eigenvalue weighted by molar-refractivity contribution is 5.86. The Balaban J connectivity index is 2.50. The van der Waals surface area contributed by atoms with E-state index in [0.717, 1.165) is 12.8 Å². The number of aliphatic hydroxyl groups excluding tert-OH is 1. The third-order valence-electron chi connectivity index (χ3n) is 2.52. The van der Waals surface area contributed by atoms with E-state index < -0.39 is 30.1 Å². The number of hydrogen-bond donors (Lipinski definition) is 3. The highest BCUT2D eigenvalue weighted by atomic mass is 16.5. The molecule has 0 aliphatic carbocycles. The lowest BCUT2D eigenvalue weighted by atomic mass is 10.1. The first-order valence-electron chi connectivity index (χ1n) is 5.35. The van der Waals surface area contributed by atoms with Crippen molar-refractivity contribution in [3.05, 3.63) is 0 Å². The average molecular weight is 231 g/mol. The summed E-state index contributed by atoms with van der Waals surface area (Å²) in [5, 5.41) is 20.2. The molecule has 92 valence electrons. The molecule has 0 bridgehead atoms. The van der Waals surface area contributed by atoms with Crippen molar-refractivity contribution in [2.75, 3.05) is 6.61 Å². The van der Waals surface area contributed by atoms with Gasteiger partial charge in [-0.05, 0) is 26.2 Å². The quantitative estimate of drug-likeness (QED) is 0.606. The van der Waals surface area contributed by atoms with Crippen LogP contribution < -0.4 is 5.32 Å². The second-order valence-electron chi connectivity index (χ2n) is 3.92. The Morgan fingerprint density at radius 3 is 2.56 bits per heavy atom. The first-order valence-corrected chi connectivity index (χ1v) is 5.35. The molecule has 0 radical (unpaired) electrons. The molecule has 3 atom stereocenters. The maximum atomic E-state index is 11.6. The van der Waals surface area contributed by atoms with Gasteiger partial charge in [-0.1, -0.05) is 0 Å². The number of carboxylic acid groups (broad SMARTS) is 1. The summed E-state index contributed by atoms with van der Waals surface area (Å²) >= 11 is 0. The fraction of sp³-hybridized carbons (Fsp3) is 0.800. The number of aliphatic carboxylic acids is 1. The standard InChI is InChI=1S/C10H17NO5/c1-6(12)8(10(14)15)11-9(13)7-4-2-3-5-16-7/h6-8,12H,2-5H2,1H3,(H,11,13)(H,14,15). The minimum Gasteiger partial charge on any atom is -0.480 e. The van der Waals surface area contributed by atoms with E-state index in [-0.39, 0.29) is 0 Å². The van der Waals surface area contributed by atoms with Gasteiger partial charge in [0.2, 0.25) is 5.91 Å². The van der Waals surface area contributed by atoms with Crippen LogP contribution in [0.25, 0.3) is 0 Å². The van der Waals surface area contributed by atoms with Gasteiger partial charge in [0, 0.05) is 6.61 Å². The number of nitrogens with one attached hydrogen (secondary N) is 1. The zero-order valence-corrected chi connectivity index (χ0v) is 9.18. The van der Waals surface area contributed by atoms with Crippen LogP contribution in [0.2, 0.25) is 0 Å². The van der Waals surface area contributed by atoms with Crippen LogP contribution in [0.5, 0.6) is 0 Å². The predicted molar refractivity (Wildman–Crippen MR) is 54.8 cm³/mol. The molecule has 0 aromatic carbocycles. The van der Waals surface area contributed by atoms with Crippen molar-refractivity contribution in [3.8, 4) is 0 Å². The van der Waals surface area contributed by atoms with E-state index in [2.05, 4.69) is 5.32 Å². The van der Waals surface area contributed by atoms with Gasteiger partial charge in [-0.25, -0.2) is 4.79 Å². The summed E-state index contributed by atoms with van der Waals surface area (Å²) < 4.78 is 5.21. The molecular formula is C10H17NO5. The maximum Gasteiger partial charge on any atom is 0.328 e. The monoisotopic (exact) mass is 231 g/mol. The highest BCUT2D eigenvalue weighted by Gasteiger charge is 2.29. The average Bonchev–Trinajstić information content (AvgIpc) is 2.25. The molecule has 0 saturated carbocycles. The fourth-order valence-corrected chi connectivity index (χ4v) is 1.58. The number of carboxylic acids is 1. The molecule has 6 nitrogen and oxygen atoms in total. The molecule has 1 rings (SSSR count). The van der Waals surface area contributed by atoms with Crippen LogP contribution in [0.3, 0.4) is 0 Å². The van der Waals surface area contributed by atoms with E-state index in [0.29, 0.717) is 13.0 Å². The normalized spacial score (nSPS) is 24.5. The van der Waals surface area contributed by atoms with Crippen molar-refractivity contribution in [2.24, 2.45) is 0 Å². The number of amides is 1. The van der Waals surface area contributed by atoms with Gasteiger partial charge in [0.15, 0.2) is 6.04 Å². The lowest BCUT2D eigenvalue weighted by Gasteiger charge is -2.24. The smallest absolute Gasteiger partial charge is 0.328 e. The Morgan fingerprint density at radius 1 is 1.44 bits per heavy atom. The summed E-state index contributed by atoms with van der Waals surface area (Å²) in [7, 11) is 0. The van der Waals surface area contributed by atoms with Crippen LogP contribution in [-0.2, 0) is 14.3 Å². The van der Waals surface area contributed by atoms with Crippen molar-refractivity contribution in [1.82, 2.24) is 5.32 Å². The van der Waals surface area contributed by atoms with Crippen molar-refractivity contribution in [1.29, 1.82) is 0 Å². The zero-order chi connectivity index (χ0) is 12.1. The Labute approximate surface area is 93.6 Å². The molecule has 1 fully saturated rings. The largest absolute Gasteiger partial charge is 0.480 e. The fourth-order valence-electron chi connectivity index (χ4n) is 1.58. The molecule has 1 aliphatic heterocycles. The van der Waals surface area contributed by atoms with E-state index in [1.54, 1.807) is 0 Å². The van der Waals surface area contributed by atoms with Crippen LogP contribution in [0.4, 0.5) is 0 Å². The SMILES string of the molecule is CC(O)C(NC(=O)C1CCCCO1)C(=O)O. The molecule has 1 aliphatic rings. The molecule has 6 heteroatoms. The lowest BCUT2D eigenvalue weighted by molar-refractivity contribution is -0.148. The number of carbonyl (C=O) groups is 2. The first kappa shape index (κ1) is 12.9. The van der Waals surface area contributed by atoms with Gasteiger partial charge in [0.25, 0.3) is 0 Å². The molecule has 0 spiro atoms. The van der Waals surface area contributed by atoms with Crippen LogP contribution in [0.1, 0.15) is 26.2 Å². The number of aliphatic hydroxyl groups is 1. The van der Waals surface area contributed by atoms with E-state index >= 15 is 0 Å². The Morgan fingerprint density at radius 2 is 2.12 bits per heavy atom. The summed E-state index contributed by atoms with van der Waals surface area (Å²) in [6.07, 6.45) is 0.685. The summed E-state index contributed by atoms with van der Waals surface area (Å²) in [6.45, 7) is 1.84. The van der Waals surface area contributed by atoms with Gasteiger partial charge in [0.05, 0.1) is 6.10 Å².